The molecule has 0 saturated carbocycles. The molecule has 0 fully saturated rings. The zero-order valence-corrected chi connectivity index (χ0v) is 22.8. The van der Waals surface area contributed by atoms with Crippen LogP contribution in [-0.2, 0) is 20.9 Å². The normalized spacial score (nSPS) is 12.8. The first-order chi connectivity index (χ1) is 19.4. The Hall–Kier alpha value is -4.17. The molecule has 0 aliphatic heterocycles. The lowest BCUT2D eigenvalue weighted by Crippen LogP contribution is -2.52. The fourth-order valence-corrected chi connectivity index (χ4v) is 5.16. The zero-order valence-electron chi connectivity index (χ0n) is 22.8. The number of aliphatic carboxylic acids is 1. The molecule has 210 valence electrons. The molecule has 8 heteroatoms. The number of carboxylic acids is 1. The van der Waals surface area contributed by atoms with Gasteiger partial charge < -0.3 is 20.5 Å². The van der Waals surface area contributed by atoms with Crippen LogP contribution in [-0.4, -0.2) is 60.8 Å². The summed E-state index contributed by atoms with van der Waals surface area (Å²) in [7, 11) is 1.90. The fraction of sp³-hybridized carbons (Fsp3) is 0.344. The van der Waals surface area contributed by atoms with Gasteiger partial charge in [0.05, 0.1) is 0 Å². The van der Waals surface area contributed by atoms with Gasteiger partial charge in [-0.05, 0) is 47.7 Å². The van der Waals surface area contributed by atoms with E-state index in [1.165, 1.54) is 0 Å². The third kappa shape index (κ3) is 7.93. The van der Waals surface area contributed by atoms with Crippen molar-refractivity contribution in [1.82, 2.24) is 15.5 Å². The molecule has 1 aliphatic rings. The number of carbonyl (C=O) groups is 3. The van der Waals surface area contributed by atoms with Crippen LogP contribution in [0.1, 0.15) is 48.3 Å². The van der Waals surface area contributed by atoms with Crippen LogP contribution in [0.2, 0.25) is 0 Å². The minimum atomic E-state index is -0.821. The van der Waals surface area contributed by atoms with E-state index in [1.807, 2.05) is 66.5 Å². The second-order valence-corrected chi connectivity index (χ2v) is 10.2. The molecule has 4 rings (SSSR count). The number of alkyl carbamates (subject to hydrolysis) is 1. The number of unbranched alkanes of at least 4 members (excludes halogenated alkanes) is 2. The van der Waals surface area contributed by atoms with Crippen LogP contribution < -0.4 is 10.6 Å². The summed E-state index contributed by atoms with van der Waals surface area (Å²) in [6, 6.07) is 25.4. The lowest BCUT2D eigenvalue weighted by atomic mass is 9.98. The topological polar surface area (TPSA) is 108 Å². The molecule has 8 nitrogen and oxygen atoms in total. The van der Waals surface area contributed by atoms with Crippen molar-refractivity contribution in [3.05, 3.63) is 95.6 Å². The molecular weight excluding hydrogens is 506 g/mol. The standard InChI is InChI=1S/C32H37N3O5/c1-35(20-23-12-4-2-5-13-23)21-29(31(38)33-19-11-3-6-18-30(36)37)34-32(39)40-22-28-26-16-9-7-14-24(26)25-15-8-10-17-27(25)28/h2,4-5,7-10,12-17,28-29H,3,6,11,18-22H2,1H3,(H,33,38)(H,34,39)(H,36,37). The SMILES string of the molecule is CN(Cc1ccccc1)CC(NC(=O)OCC1c2ccccc2-c2ccccc21)C(=O)NCCCCCC(=O)O. The maximum atomic E-state index is 13.1. The number of hydrogen-bond acceptors (Lipinski definition) is 5. The Morgan fingerprint density at radius 2 is 1.50 bits per heavy atom. The summed E-state index contributed by atoms with van der Waals surface area (Å²) in [5.41, 5.74) is 5.64. The summed E-state index contributed by atoms with van der Waals surface area (Å²) in [6.07, 6.45) is 1.40. The Bertz CT molecular complexity index is 1250. The molecule has 0 radical (unpaired) electrons. The number of nitrogens with one attached hydrogen (secondary N) is 2. The first-order valence-electron chi connectivity index (χ1n) is 13.8. The molecule has 40 heavy (non-hydrogen) atoms. The van der Waals surface area contributed by atoms with Crippen LogP contribution >= 0.6 is 0 Å². The van der Waals surface area contributed by atoms with Gasteiger partial charge in [0.25, 0.3) is 0 Å². The number of amides is 2. The molecule has 0 saturated heterocycles. The molecule has 3 aromatic rings. The number of hydrogen-bond donors (Lipinski definition) is 3. The van der Waals surface area contributed by atoms with E-state index >= 15 is 0 Å². The highest BCUT2D eigenvalue weighted by Gasteiger charge is 2.30. The average Bonchev–Trinajstić information content (AvgIpc) is 3.27. The van der Waals surface area contributed by atoms with Crippen LogP contribution in [0.5, 0.6) is 0 Å². The third-order valence-electron chi connectivity index (χ3n) is 7.11. The highest BCUT2D eigenvalue weighted by molar-refractivity contribution is 5.86. The summed E-state index contributed by atoms with van der Waals surface area (Å²) >= 11 is 0. The van der Waals surface area contributed by atoms with Crippen molar-refractivity contribution in [2.75, 3.05) is 26.7 Å². The summed E-state index contributed by atoms with van der Waals surface area (Å²) < 4.78 is 5.70. The maximum absolute atomic E-state index is 13.1. The average molecular weight is 544 g/mol. The second kappa shape index (κ2) is 14.3. The monoisotopic (exact) mass is 543 g/mol. The molecule has 0 heterocycles. The van der Waals surface area contributed by atoms with Gasteiger partial charge >= 0.3 is 12.1 Å². The minimum absolute atomic E-state index is 0.0722. The van der Waals surface area contributed by atoms with E-state index in [0.717, 1.165) is 27.8 Å². The van der Waals surface area contributed by atoms with E-state index < -0.39 is 18.1 Å². The van der Waals surface area contributed by atoms with Gasteiger partial charge in [-0.15, -0.1) is 0 Å². The number of benzene rings is 3. The molecule has 2 amide bonds. The van der Waals surface area contributed by atoms with E-state index in [0.29, 0.717) is 38.9 Å². The Labute approximate surface area is 235 Å². The van der Waals surface area contributed by atoms with Gasteiger partial charge in [-0.3, -0.25) is 14.5 Å². The van der Waals surface area contributed by atoms with Crippen molar-refractivity contribution in [3.8, 4) is 11.1 Å². The van der Waals surface area contributed by atoms with Gasteiger partial charge in [0.1, 0.15) is 12.6 Å². The van der Waals surface area contributed by atoms with E-state index in [4.69, 9.17) is 9.84 Å². The van der Waals surface area contributed by atoms with E-state index in [-0.39, 0.29) is 24.9 Å². The lowest BCUT2D eigenvalue weighted by Gasteiger charge is -2.25. The molecule has 1 aliphatic carbocycles. The highest BCUT2D eigenvalue weighted by atomic mass is 16.5. The quantitative estimate of drug-likeness (QED) is 0.253. The van der Waals surface area contributed by atoms with Crippen molar-refractivity contribution in [3.63, 3.8) is 0 Å². The Balaban J connectivity index is 1.35. The van der Waals surface area contributed by atoms with E-state index in [1.54, 1.807) is 0 Å². The summed E-state index contributed by atoms with van der Waals surface area (Å²) in [5, 5.41) is 14.5. The number of rotatable bonds is 14. The molecule has 1 unspecified atom stereocenters. The van der Waals surface area contributed by atoms with Crippen LogP contribution in [0.25, 0.3) is 11.1 Å². The van der Waals surface area contributed by atoms with Gasteiger partial charge in [-0.2, -0.15) is 0 Å². The predicted octanol–water partition coefficient (Wildman–Crippen LogP) is 4.79. The number of ether oxygens (including phenoxy) is 1. The summed E-state index contributed by atoms with van der Waals surface area (Å²) in [4.78, 5) is 38.7. The van der Waals surface area contributed by atoms with Crippen LogP contribution in [0, 0.1) is 0 Å². The number of likely N-dealkylation sites (N-methyl/N-ethyl adjacent to an activating group) is 1. The molecule has 1 atom stereocenters. The van der Waals surface area contributed by atoms with Crippen molar-refractivity contribution in [1.29, 1.82) is 0 Å². The Morgan fingerprint density at radius 1 is 0.875 bits per heavy atom. The summed E-state index contributed by atoms with van der Waals surface area (Å²) in [5.74, 6) is -1.19. The molecular formula is C32H37N3O5. The van der Waals surface area contributed by atoms with Crippen molar-refractivity contribution in [2.24, 2.45) is 0 Å². The fourth-order valence-electron chi connectivity index (χ4n) is 5.16. The van der Waals surface area contributed by atoms with Crippen molar-refractivity contribution in [2.45, 2.75) is 44.2 Å². The van der Waals surface area contributed by atoms with Crippen LogP contribution in [0.3, 0.4) is 0 Å². The highest BCUT2D eigenvalue weighted by Crippen LogP contribution is 2.44. The first-order valence-corrected chi connectivity index (χ1v) is 13.8. The van der Waals surface area contributed by atoms with Gasteiger partial charge in [-0.25, -0.2) is 4.79 Å². The molecule has 3 N–H and O–H groups in total. The first kappa shape index (κ1) is 28.8. The number of carbonyl (C=O) groups excluding carboxylic acids is 2. The van der Waals surface area contributed by atoms with Gasteiger partial charge in [0.2, 0.25) is 5.91 Å². The second-order valence-electron chi connectivity index (χ2n) is 10.2. The number of carboxylic acid groups (broad SMARTS) is 1. The summed E-state index contributed by atoms with van der Waals surface area (Å²) in [6.45, 7) is 1.48. The molecule has 0 bridgehead atoms. The largest absolute Gasteiger partial charge is 0.481 e. The van der Waals surface area contributed by atoms with Gasteiger partial charge in [0.15, 0.2) is 0 Å². The molecule has 0 spiro atoms. The van der Waals surface area contributed by atoms with Gasteiger partial charge in [-0.1, -0.05) is 85.3 Å². The smallest absolute Gasteiger partial charge is 0.407 e. The molecule has 0 aromatic heterocycles. The van der Waals surface area contributed by atoms with Crippen molar-refractivity contribution < 1.29 is 24.2 Å². The predicted molar refractivity (Wildman–Crippen MR) is 154 cm³/mol. The Morgan fingerprint density at radius 3 is 2.15 bits per heavy atom. The van der Waals surface area contributed by atoms with Crippen molar-refractivity contribution >= 4 is 18.0 Å². The lowest BCUT2D eigenvalue weighted by molar-refractivity contribution is -0.137. The minimum Gasteiger partial charge on any atom is -0.481 e. The number of nitrogens with zero attached hydrogens (tertiary/aromatic N) is 1. The van der Waals surface area contributed by atoms with Crippen LogP contribution in [0.15, 0.2) is 78.9 Å². The Kier molecular flexibility index (Phi) is 10.3. The number of fused-ring (bicyclic) bond motifs is 3. The van der Waals surface area contributed by atoms with Crippen LogP contribution in [0.4, 0.5) is 4.79 Å². The third-order valence-corrected chi connectivity index (χ3v) is 7.11. The molecule has 3 aromatic carbocycles. The van der Waals surface area contributed by atoms with E-state index in [9.17, 15) is 14.4 Å². The maximum Gasteiger partial charge on any atom is 0.407 e. The van der Waals surface area contributed by atoms with E-state index in [2.05, 4.69) is 34.9 Å². The van der Waals surface area contributed by atoms with Gasteiger partial charge in [0, 0.05) is 32.0 Å². The zero-order chi connectivity index (χ0) is 28.3.